The van der Waals surface area contributed by atoms with Gasteiger partial charge in [-0.15, -0.1) is 0 Å². The molecule has 1 N–H and O–H groups in total. The minimum absolute atomic E-state index is 0.0533. The SMILES string of the molecule is CC(=O)c1ccc2c(=O)c(OC(=O)c3ccccc3O)c(-c3ccccc3)oc2c1. The molecule has 4 rings (SSSR count). The number of para-hydroxylation sites is 1. The maximum Gasteiger partial charge on any atom is 0.347 e. The molecule has 0 aliphatic heterocycles. The monoisotopic (exact) mass is 400 g/mol. The highest BCUT2D eigenvalue weighted by Gasteiger charge is 2.23. The Morgan fingerprint density at radius 2 is 1.63 bits per heavy atom. The zero-order chi connectivity index (χ0) is 21.3. The van der Waals surface area contributed by atoms with Crippen molar-refractivity contribution in [2.75, 3.05) is 0 Å². The van der Waals surface area contributed by atoms with Crippen LogP contribution >= 0.6 is 0 Å². The van der Waals surface area contributed by atoms with Crippen molar-refractivity contribution in [3.63, 3.8) is 0 Å². The number of ketones is 1. The van der Waals surface area contributed by atoms with Crippen LogP contribution < -0.4 is 10.2 Å². The van der Waals surface area contributed by atoms with Gasteiger partial charge in [-0.25, -0.2) is 4.79 Å². The second kappa shape index (κ2) is 7.67. The van der Waals surface area contributed by atoms with Gasteiger partial charge in [-0.2, -0.15) is 0 Å². The number of phenolic OH excluding ortho intramolecular Hbond substituents is 1. The molecule has 0 amide bonds. The van der Waals surface area contributed by atoms with Crippen molar-refractivity contribution in [3.8, 4) is 22.8 Å². The van der Waals surface area contributed by atoms with Gasteiger partial charge >= 0.3 is 5.97 Å². The molecule has 0 aliphatic rings. The maximum absolute atomic E-state index is 13.2. The van der Waals surface area contributed by atoms with Gasteiger partial charge in [0.25, 0.3) is 0 Å². The van der Waals surface area contributed by atoms with Crippen LogP contribution in [0.15, 0.2) is 82.0 Å². The lowest BCUT2D eigenvalue weighted by Crippen LogP contribution is -2.16. The first-order chi connectivity index (χ1) is 14.5. The average Bonchev–Trinajstić information content (AvgIpc) is 2.76. The zero-order valence-corrected chi connectivity index (χ0v) is 15.9. The Morgan fingerprint density at radius 3 is 2.33 bits per heavy atom. The molecule has 0 radical (unpaired) electrons. The van der Waals surface area contributed by atoms with Crippen molar-refractivity contribution in [2.24, 2.45) is 0 Å². The van der Waals surface area contributed by atoms with E-state index in [1.165, 1.54) is 37.3 Å². The van der Waals surface area contributed by atoms with Crippen molar-refractivity contribution in [3.05, 3.63) is 94.1 Å². The number of carbonyl (C=O) groups is 2. The van der Waals surface area contributed by atoms with Gasteiger partial charge < -0.3 is 14.3 Å². The fraction of sp³-hybridized carbons (Fsp3) is 0.0417. The van der Waals surface area contributed by atoms with Gasteiger partial charge in [0, 0.05) is 11.1 Å². The van der Waals surface area contributed by atoms with Crippen LogP contribution in [-0.4, -0.2) is 16.9 Å². The molecule has 0 unspecified atom stereocenters. The van der Waals surface area contributed by atoms with E-state index in [9.17, 15) is 19.5 Å². The Morgan fingerprint density at radius 1 is 0.933 bits per heavy atom. The van der Waals surface area contributed by atoms with Crippen molar-refractivity contribution in [1.29, 1.82) is 0 Å². The number of hydrogen-bond donors (Lipinski definition) is 1. The normalized spacial score (nSPS) is 10.7. The first-order valence-corrected chi connectivity index (χ1v) is 9.13. The molecule has 1 aromatic heterocycles. The Balaban J connectivity index is 1.93. The first kappa shape index (κ1) is 19.1. The van der Waals surface area contributed by atoms with Gasteiger partial charge in [0.1, 0.15) is 16.9 Å². The fourth-order valence-electron chi connectivity index (χ4n) is 3.06. The smallest absolute Gasteiger partial charge is 0.347 e. The lowest BCUT2D eigenvalue weighted by molar-refractivity contribution is 0.0728. The molecular formula is C24H16O6. The van der Waals surface area contributed by atoms with Crippen LogP contribution in [0.25, 0.3) is 22.3 Å². The third-order valence-electron chi connectivity index (χ3n) is 4.61. The van der Waals surface area contributed by atoms with Gasteiger partial charge in [0.2, 0.25) is 11.2 Å². The second-order valence-electron chi connectivity index (χ2n) is 6.63. The van der Waals surface area contributed by atoms with Crippen LogP contribution in [0.5, 0.6) is 11.5 Å². The fourth-order valence-corrected chi connectivity index (χ4v) is 3.06. The molecule has 0 bridgehead atoms. The lowest BCUT2D eigenvalue weighted by Gasteiger charge is -2.11. The predicted molar refractivity (Wildman–Crippen MR) is 111 cm³/mol. The maximum atomic E-state index is 13.2. The largest absolute Gasteiger partial charge is 0.507 e. The molecule has 0 saturated heterocycles. The molecule has 6 nitrogen and oxygen atoms in total. The Hall–Kier alpha value is -4.19. The summed E-state index contributed by atoms with van der Waals surface area (Å²) in [7, 11) is 0. The Bertz CT molecular complexity index is 1340. The third kappa shape index (κ3) is 3.46. The molecule has 0 saturated carbocycles. The summed E-state index contributed by atoms with van der Waals surface area (Å²) in [6, 6.07) is 19.0. The molecule has 30 heavy (non-hydrogen) atoms. The van der Waals surface area contributed by atoms with Gasteiger partial charge in [-0.3, -0.25) is 9.59 Å². The molecule has 1 heterocycles. The number of Topliss-reactive ketones (excluding diaryl/α,β-unsaturated/α-hetero) is 1. The van der Waals surface area contributed by atoms with Crippen LogP contribution in [0.1, 0.15) is 27.6 Å². The van der Waals surface area contributed by atoms with Gasteiger partial charge in [0.05, 0.1) is 5.39 Å². The number of hydrogen-bond acceptors (Lipinski definition) is 6. The van der Waals surface area contributed by atoms with E-state index in [-0.39, 0.29) is 39.6 Å². The van der Waals surface area contributed by atoms with E-state index in [0.717, 1.165) is 0 Å². The van der Waals surface area contributed by atoms with E-state index in [2.05, 4.69) is 0 Å². The highest BCUT2D eigenvalue weighted by Crippen LogP contribution is 2.32. The molecule has 148 valence electrons. The lowest BCUT2D eigenvalue weighted by atomic mass is 10.1. The topological polar surface area (TPSA) is 93.8 Å². The number of carbonyl (C=O) groups excluding carboxylic acids is 2. The third-order valence-corrected chi connectivity index (χ3v) is 4.61. The quantitative estimate of drug-likeness (QED) is 0.398. The minimum Gasteiger partial charge on any atom is -0.507 e. The highest BCUT2D eigenvalue weighted by molar-refractivity contribution is 5.98. The van der Waals surface area contributed by atoms with E-state index >= 15 is 0 Å². The molecule has 6 heteroatoms. The van der Waals surface area contributed by atoms with Gasteiger partial charge in [0.15, 0.2) is 11.5 Å². The molecule has 0 aliphatic carbocycles. The van der Waals surface area contributed by atoms with Crippen LogP contribution in [-0.2, 0) is 0 Å². The molecule has 0 fully saturated rings. The molecule has 0 atom stereocenters. The van der Waals surface area contributed by atoms with Crippen molar-refractivity contribution in [2.45, 2.75) is 6.92 Å². The summed E-state index contributed by atoms with van der Waals surface area (Å²) >= 11 is 0. The summed E-state index contributed by atoms with van der Waals surface area (Å²) < 4.78 is 11.3. The van der Waals surface area contributed by atoms with E-state index in [1.807, 2.05) is 0 Å². The van der Waals surface area contributed by atoms with Crippen molar-refractivity contribution >= 4 is 22.7 Å². The summed E-state index contributed by atoms with van der Waals surface area (Å²) in [5.74, 6) is -1.57. The minimum atomic E-state index is -0.891. The van der Waals surface area contributed by atoms with E-state index < -0.39 is 11.4 Å². The van der Waals surface area contributed by atoms with E-state index in [4.69, 9.17) is 9.15 Å². The first-order valence-electron chi connectivity index (χ1n) is 9.13. The highest BCUT2D eigenvalue weighted by atomic mass is 16.5. The number of fused-ring (bicyclic) bond motifs is 1. The number of aromatic hydroxyl groups is 1. The summed E-state index contributed by atoms with van der Waals surface area (Å²) in [5, 5.41) is 10.1. The standard InChI is InChI=1S/C24H16O6/c1-14(25)16-11-12-18-20(13-16)29-22(15-7-3-2-4-8-15)23(21(18)27)30-24(28)17-9-5-6-10-19(17)26/h2-13,26H,1H3. The second-order valence-corrected chi connectivity index (χ2v) is 6.63. The summed E-state index contributed by atoms with van der Waals surface area (Å²) in [6.07, 6.45) is 0. The summed E-state index contributed by atoms with van der Waals surface area (Å²) in [4.78, 5) is 37.5. The predicted octanol–water partition coefficient (Wildman–Crippen LogP) is 4.59. The van der Waals surface area contributed by atoms with Crippen LogP contribution in [0, 0.1) is 0 Å². The van der Waals surface area contributed by atoms with E-state index in [1.54, 1.807) is 42.5 Å². The van der Waals surface area contributed by atoms with Crippen LogP contribution in [0.2, 0.25) is 0 Å². The summed E-state index contributed by atoms with van der Waals surface area (Å²) in [6.45, 7) is 1.42. The van der Waals surface area contributed by atoms with Crippen molar-refractivity contribution in [1.82, 2.24) is 0 Å². The molecule has 0 spiro atoms. The van der Waals surface area contributed by atoms with Crippen LogP contribution in [0.3, 0.4) is 0 Å². The van der Waals surface area contributed by atoms with E-state index in [0.29, 0.717) is 11.1 Å². The number of benzene rings is 3. The number of ether oxygens (including phenoxy) is 1. The Labute approximate surface area is 171 Å². The molecular weight excluding hydrogens is 384 g/mol. The molecule has 4 aromatic rings. The zero-order valence-electron chi connectivity index (χ0n) is 15.9. The molecule has 3 aromatic carbocycles. The number of rotatable bonds is 4. The summed E-state index contributed by atoms with van der Waals surface area (Å²) in [5.41, 5.74) is 0.472. The van der Waals surface area contributed by atoms with Crippen LogP contribution in [0.4, 0.5) is 0 Å². The van der Waals surface area contributed by atoms with Crippen molar-refractivity contribution < 1.29 is 23.8 Å². The number of esters is 1. The van der Waals surface area contributed by atoms with Gasteiger partial charge in [-0.05, 0) is 31.2 Å². The Kier molecular flexibility index (Phi) is 4.90. The average molecular weight is 400 g/mol. The van der Waals surface area contributed by atoms with Gasteiger partial charge in [-0.1, -0.05) is 48.5 Å². The number of phenols is 1.